The fourth-order valence-corrected chi connectivity index (χ4v) is 4.10. The number of aryl methyl sites for hydroxylation is 3. The highest BCUT2D eigenvalue weighted by atomic mass is 16.2. The van der Waals surface area contributed by atoms with E-state index in [1.54, 1.807) is 6.07 Å². The Bertz CT molecular complexity index is 1050. The van der Waals surface area contributed by atoms with Crippen LogP contribution in [0.4, 0.5) is 0 Å². The van der Waals surface area contributed by atoms with E-state index < -0.39 is 0 Å². The Hall–Kier alpha value is -3.15. The molecule has 136 valence electrons. The van der Waals surface area contributed by atoms with Crippen LogP contribution in [-0.4, -0.2) is 20.4 Å². The maximum absolute atomic E-state index is 12.5. The van der Waals surface area contributed by atoms with Crippen LogP contribution < -0.4 is 10.9 Å². The van der Waals surface area contributed by atoms with Gasteiger partial charge in [-0.2, -0.15) is 0 Å². The monoisotopic (exact) mass is 360 g/mol. The van der Waals surface area contributed by atoms with Crippen molar-refractivity contribution in [3.05, 3.63) is 75.6 Å². The number of carbonyl (C=O) groups is 1. The summed E-state index contributed by atoms with van der Waals surface area (Å²) < 4.78 is 2.23. The molecule has 1 atom stereocenters. The molecule has 0 unspecified atom stereocenters. The maximum atomic E-state index is 12.5. The number of pyridine rings is 1. The third-order valence-electron chi connectivity index (χ3n) is 5.53. The fraction of sp³-hybridized carbons (Fsp3) is 0.286. The second-order valence-corrected chi connectivity index (χ2v) is 7.26. The molecule has 1 aromatic carbocycles. The summed E-state index contributed by atoms with van der Waals surface area (Å²) in [5, 5.41) is 3.10. The zero-order valence-electron chi connectivity index (χ0n) is 14.9. The predicted octanol–water partition coefficient (Wildman–Crippen LogP) is 2.60. The van der Waals surface area contributed by atoms with E-state index in [4.69, 9.17) is 4.98 Å². The van der Waals surface area contributed by atoms with E-state index in [2.05, 4.69) is 39.3 Å². The molecule has 0 fully saturated rings. The van der Waals surface area contributed by atoms with Crippen molar-refractivity contribution in [3.63, 3.8) is 0 Å². The molecular formula is C21H20N4O2. The Morgan fingerprint density at radius 2 is 2.15 bits per heavy atom. The minimum Gasteiger partial charge on any atom is -0.345 e. The van der Waals surface area contributed by atoms with Crippen LogP contribution in [0.3, 0.4) is 0 Å². The maximum Gasteiger partial charge on any atom is 0.253 e. The van der Waals surface area contributed by atoms with Crippen molar-refractivity contribution in [2.24, 2.45) is 0 Å². The summed E-state index contributed by atoms with van der Waals surface area (Å²) in [6.45, 7) is 1.05. The van der Waals surface area contributed by atoms with Crippen molar-refractivity contribution >= 4 is 5.91 Å². The Kier molecular flexibility index (Phi) is 3.70. The molecule has 2 aromatic heterocycles. The number of hydrogen-bond acceptors (Lipinski definition) is 3. The van der Waals surface area contributed by atoms with Crippen LogP contribution in [0.2, 0.25) is 0 Å². The van der Waals surface area contributed by atoms with Gasteiger partial charge in [-0.1, -0.05) is 12.1 Å². The summed E-state index contributed by atoms with van der Waals surface area (Å²) in [6.07, 6.45) is 7.64. The van der Waals surface area contributed by atoms with E-state index in [0.717, 1.165) is 42.9 Å². The average molecular weight is 360 g/mol. The smallest absolute Gasteiger partial charge is 0.253 e. The number of imidazole rings is 1. The first kappa shape index (κ1) is 16.1. The molecule has 5 rings (SSSR count). The zero-order chi connectivity index (χ0) is 18.4. The quantitative estimate of drug-likeness (QED) is 0.753. The fourth-order valence-electron chi connectivity index (χ4n) is 4.10. The highest BCUT2D eigenvalue weighted by molar-refractivity contribution is 5.94. The Morgan fingerprint density at radius 3 is 2.96 bits per heavy atom. The highest BCUT2D eigenvalue weighted by Gasteiger charge is 2.25. The molecular weight excluding hydrogens is 340 g/mol. The summed E-state index contributed by atoms with van der Waals surface area (Å²) in [4.78, 5) is 31.0. The summed E-state index contributed by atoms with van der Waals surface area (Å²) in [5.41, 5.74) is 4.79. The molecule has 0 saturated heterocycles. The van der Waals surface area contributed by atoms with Gasteiger partial charge >= 0.3 is 0 Å². The Balaban J connectivity index is 1.41. The molecule has 3 heterocycles. The topological polar surface area (TPSA) is 79.8 Å². The molecule has 2 N–H and O–H groups in total. The summed E-state index contributed by atoms with van der Waals surface area (Å²) >= 11 is 0. The van der Waals surface area contributed by atoms with E-state index in [-0.39, 0.29) is 17.5 Å². The molecule has 2 aliphatic rings. The molecule has 1 amide bonds. The predicted molar refractivity (Wildman–Crippen MR) is 102 cm³/mol. The number of aromatic amines is 1. The van der Waals surface area contributed by atoms with Crippen molar-refractivity contribution in [2.45, 2.75) is 38.3 Å². The van der Waals surface area contributed by atoms with E-state index in [0.29, 0.717) is 5.56 Å². The lowest BCUT2D eigenvalue weighted by Gasteiger charge is -2.15. The van der Waals surface area contributed by atoms with Gasteiger partial charge in [0.25, 0.3) is 5.91 Å². The lowest BCUT2D eigenvalue weighted by atomic mass is 10.0. The van der Waals surface area contributed by atoms with E-state index in [1.165, 1.54) is 29.8 Å². The van der Waals surface area contributed by atoms with Crippen molar-refractivity contribution in [2.75, 3.05) is 0 Å². The Labute approximate surface area is 156 Å². The summed E-state index contributed by atoms with van der Waals surface area (Å²) in [5.74, 6) is 0.990. The minimum atomic E-state index is -0.214. The van der Waals surface area contributed by atoms with Gasteiger partial charge in [-0.05, 0) is 42.5 Å². The SMILES string of the molecule is O=C(N[C@@H]1CCc2ccc(-c3cn4c(n3)CCC4)cc21)c1ccc(=O)[nH]c1. The first-order valence-electron chi connectivity index (χ1n) is 9.36. The van der Waals surface area contributed by atoms with Gasteiger partial charge < -0.3 is 14.9 Å². The van der Waals surface area contributed by atoms with Crippen LogP contribution in [0, 0.1) is 0 Å². The molecule has 3 aromatic rings. The molecule has 0 spiro atoms. The highest BCUT2D eigenvalue weighted by Crippen LogP contribution is 2.35. The number of nitrogens with zero attached hydrogens (tertiary/aromatic N) is 2. The Morgan fingerprint density at radius 1 is 1.22 bits per heavy atom. The normalized spacial score (nSPS) is 17.6. The van der Waals surface area contributed by atoms with Crippen LogP contribution in [0.25, 0.3) is 11.3 Å². The molecule has 1 aliphatic heterocycles. The number of benzene rings is 1. The van der Waals surface area contributed by atoms with Gasteiger partial charge in [0.15, 0.2) is 0 Å². The van der Waals surface area contributed by atoms with Crippen LogP contribution in [0.1, 0.15) is 46.2 Å². The second kappa shape index (κ2) is 6.23. The first-order chi connectivity index (χ1) is 13.2. The van der Waals surface area contributed by atoms with Gasteiger partial charge in [-0.3, -0.25) is 9.59 Å². The van der Waals surface area contributed by atoms with Gasteiger partial charge in [0, 0.05) is 37.0 Å². The molecule has 0 saturated carbocycles. The van der Waals surface area contributed by atoms with Crippen LogP contribution >= 0.6 is 0 Å². The zero-order valence-corrected chi connectivity index (χ0v) is 14.9. The molecule has 27 heavy (non-hydrogen) atoms. The van der Waals surface area contributed by atoms with E-state index >= 15 is 0 Å². The van der Waals surface area contributed by atoms with Crippen molar-refractivity contribution in [3.8, 4) is 11.3 Å². The van der Waals surface area contributed by atoms with Gasteiger partial charge in [-0.25, -0.2) is 4.98 Å². The second-order valence-electron chi connectivity index (χ2n) is 7.26. The lowest BCUT2D eigenvalue weighted by molar-refractivity contribution is 0.0936. The van der Waals surface area contributed by atoms with Crippen molar-refractivity contribution < 1.29 is 4.79 Å². The van der Waals surface area contributed by atoms with Gasteiger partial charge in [0.2, 0.25) is 5.56 Å². The standard InChI is InChI=1S/C21H20N4O2/c26-20-8-6-15(11-22-20)21(27)24-17-7-5-13-3-4-14(10-16(13)17)18-12-25-9-1-2-19(25)23-18/h3-4,6,8,10-12,17H,1-2,5,7,9H2,(H,22,26)(H,24,27)/t17-/m1/s1. The lowest BCUT2D eigenvalue weighted by Crippen LogP contribution is -2.27. The number of amides is 1. The average Bonchev–Trinajstić information content (AvgIpc) is 3.37. The van der Waals surface area contributed by atoms with Crippen LogP contribution in [0.15, 0.2) is 47.5 Å². The third-order valence-corrected chi connectivity index (χ3v) is 5.53. The summed E-state index contributed by atoms with van der Waals surface area (Å²) in [7, 11) is 0. The summed E-state index contributed by atoms with van der Waals surface area (Å²) in [6, 6.07) is 9.34. The van der Waals surface area contributed by atoms with Crippen LogP contribution in [0.5, 0.6) is 0 Å². The molecule has 1 aliphatic carbocycles. The van der Waals surface area contributed by atoms with Crippen molar-refractivity contribution in [1.29, 1.82) is 0 Å². The largest absolute Gasteiger partial charge is 0.345 e. The third kappa shape index (κ3) is 2.87. The van der Waals surface area contributed by atoms with E-state index in [9.17, 15) is 9.59 Å². The number of nitrogens with one attached hydrogen (secondary N) is 2. The van der Waals surface area contributed by atoms with Crippen molar-refractivity contribution in [1.82, 2.24) is 19.9 Å². The number of rotatable bonds is 3. The van der Waals surface area contributed by atoms with Crippen LogP contribution in [-0.2, 0) is 19.4 Å². The number of carbonyl (C=O) groups excluding carboxylic acids is 1. The number of H-pyrrole nitrogens is 1. The van der Waals surface area contributed by atoms with Gasteiger partial charge in [-0.15, -0.1) is 0 Å². The van der Waals surface area contributed by atoms with Gasteiger partial charge in [0.05, 0.1) is 17.3 Å². The number of aromatic nitrogens is 3. The first-order valence-corrected chi connectivity index (χ1v) is 9.36. The molecule has 6 nitrogen and oxygen atoms in total. The molecule has 6 heteroatoms. The molecule has 0 bridgehead atoms. The minimum absolute atomic E-state index is 0.0196. The molecule has 0 radical (unpaired) electrons. The number of hydrogen-bond donors (Lipinski definition) is 2. The van der Waals surface area contributed by atoms with E-state index in [1.807, 2.05) is 0 Å². The number of fused-ring (bicyclic) bond motifs is 2. The van der Waals surface area contributed by atoms with Gasteiger partial charge in [0.1, 0.15) is 5.82 Å².